The molecule has 39 heavy (non-hydrogen) atoms. The number of barbiturate groups is 1. The molecule has 7 nitrogen and oxygen atoms in total. The monoisotopic (exact) mass is 520 g/mol. The van der Waals surface area contributed by atoms with Crippen LogP contribution in [0, 0.1) is 13.8 Å². The van der Waals surface area contributed by atoms with Gasteiger partial charge in [0.15, 0.2) is 11.5 Å². The SMILES string of the molecule is CCOc1cc(/C=C2\C(=O)NC(=O)N(c3cc(C)cc(C)c3)C2=O)ccc1OCc1ccc2ccccc2c1. The maximum absolute atomic E-state index is 13.3. The highest BCUT2D eigenvalue weighted by Gasteiger charge is 2.37. The lowest BCUT2D eigenvalue weighted by Gasteiger charge is -2.27. The van der Waals surface area contributed by atoms with Crippen molar-refractivity contribution in [2.75, 3.05) is 11.5 Å². The van der Waals surface area contributed by atoms with E-state index >= 15 is 0 Å². The van der Waals surface area contributed by atoms with Crippen LogP contribution in [-0.4, -0.2) is 24.5 Å². The van der Waals surface area contributed by atoms with Gasteiger partial charge in [-0.05, 0) is 90.2 Å². The Hall–Kier alpha value is -4.91. The number of amides is 4. The summed E-state index contributed by atoms with van der Waals surface area (Å²) in [6.45, 7) is 6.37. The van der Waals surface area contributed by atoms with Gasteiger partial charge in [-0.25, -0.2) is 9.69 Å². The quantitative estimate of drug-likeness (QED) is 0.235. The van der Waals surface area contributed by atoms with Crippen molar-refractivity contribution in [2.24, 2.45) is 0 Å². The number of imide groups is 2. The molecule has 0 bridgehead atoms. The van der Waals surface area contributed by atoms with Crippen molar-refractivity contribution in [2.45, 2.75) is 27.4 Å². The molecule has 0 radical (unpaired) electrons. The zero-order valence-electron chi connectivity index (χ0n) is 22.0. The van der Waals surface area contributed by atoms with Gasteiger partial charge in [0.2, 0.25) is 0 Å². The molecule has 196 valence electrons. The fourth-order valence-corrected chi connectivity index (χ4v) is 4.63. The minimum atomic E-state index is -0.778. The Kier molecular flexibility index (Phi) is 7.14. The number of ether oxygens (including phenoxy) is 2. The average Bonchev–Trinajstić information content (AvgIpc) is 2.90. The number of urea groups is 1. The Morgan fingerprint density at radius 3 is 2.28 bits per heavy atom. The van der Waals surface area contributed by atoms with Gasteiger partial charge in [0, 0.05) is 0 Å². The van der Waals surface area contributed by atoms with Gasteiger partial charge < -0.3 is 9.47 Å². The Morgan fingerprint density at radius 2 is 1.54 bits per heavy atom. The first-order chi connectivity index (χ1) is 18.8. The summed E-state index contributed by atoms with van der Waals surface area (Å²) in [6, 6.07) is 24.1. The van der Waals surface area contributed by atoms with Gasteiger partial charge in [-0.15, -0.1) is 0 Å². The van der Waals surface area contributed by atoms with Crippen molar-refractivity contribution >= 4 is 40.4 Å². The molecule has 0 aliphatic carbocycles. The van der Waals surface area contributed by atoms with Crippen LogP contribution < -0.4 is 19.7 Å². The van der Waals surface area contributed by atoms with Gasteiger partial charge in [0.25, 0.3) is 11.8 Å². The summed E-state index contributed by atoms with van der Waals surface area (Å²) in [5.41, 5.74) is 3.62. The zero-order chi connectivity index (χ0) is 27.5. The molecular formula is C32H28N2O5. The normalized spacial score (nSPS) is 14.6. The van der Waals surface area contributed by atoms with Crippen molar-refractivity contribution in [1.82, 2.24) is 5.32 Å². The van der Waals surface area contributed by atoms with Crippen LogP contribution in [0.15, 0.2) is 84.4 Å². The minimum Gasteiger partial charge on any atom is -0.490 e. The lowest BCUT2D eigenvalue weighted by molar-refractivity contribution is -0.122. The smallest absolute Gasteiger partial charge is 0.335 e. The van der Waals surface area contributed by atoms with E-state index in [-0.39, 0.29) is 5.57 Å². The number of carbonyl (C=O) groups is 3. The lowest BCUT2D eigenvalue weighted by atomic mass is 10.0. The molecule has 7 heteroatoms. The molecule has 0 spiro atoms. The van der Waals surface area contributed by atoms with Crippen molar-refractivity contribution < 1.29 is 23.9 Å². The van der Waals surface area contributed by atoms with Crippen LogP contribution in [0.1, 0.15) is 29.2 Å². The molecule has 0 aromatic heterocycles. The number of fused-ring (bicyclic) bond motifs is 1. The van der Waals surface area contributed by atoms with Crippen LogP contribution in [-0.2, 0) is 16.2 Å². The number of anilines is 1. The van der Waals surface area contributed by atoms with Crippen LogP contribution in [0.4, 0.5) is 10.5 Å². The summed E-state index contributed by atoms with van der Waals surface area (Å²) < 4.78 is 11.9. The van der Waals surface area contributed by atoms with Crippen LogP contribution in [0.3, 0.4) is 0 Å². The third-order valence-electron chi connectivity index (χ3n) is 6.35. The molecule has 1 N–H and O–H groups in total. The summed E-state index contributed by atoms with van der Waals surface area (Å²) in [5, 5.41) is 4.57. The van der Waals surface area contributed by atoms with E-state index < -0.39 is 17.8 Å². The van der Waals surface area contributed by atoms with Gasteiger partial charge in [-0.3, -0.25) is 14.9 Å². The van der Waals surface area contributed by atoms with Crippen LogP contribution in [0.2, 0.25) is 0 Å². The minimum absolute atomic E-state index is 0.152. The fourth-order valence-electron chi connectivity index (χ4n) is 4.63. The highest BCUT2D eigenvalue weighted by molar-refractivity contribution is 6.39. The number of hydrogen-bond acceptors (Lipinski definition) is 5. The topological polar surface area (TPSA) is 84.9 Å². The van der Waals surface area contributed by atoms with Crippen molar-refractivity contribution in [3.05, 3.63) is 107 Å². The lowest BCUT2D eigenvalue weighted by Crippen LogP contribution is -2.54. The zero-order valence-corrected chi connectivity index (χ0v) is 22.0. The van der Waals surface area contributed by atoms with Gasteiger partial charge in [-0.1, -0.05) is 48.5 Å². The largest absolute Gasteiger partial charge is 0.490 e. The number of nitrogens with zero attached hydrogens (tertiary/aromatic N) is 1. The van der Waals surface area contributed by atoms with E-state index in [9.17, 15) is 14.4 Å². The first-order valence-electron chi connectivity index (χ1n) is 12.7. The maximum Gasteiger partial charge on any atom is 0.335 e. The molecule has 1 fully saturated rings. The second-order valence-electron chi connectivity index (χ2n) is 9.41. The predicted octanol–water partition coefficient (Wildman–Crippen LogP) is 6.10. The van der Waals surface area contributed by atoms with E-state index in [1.54, 1.807) is 30.3 Å². The molecule has 1 saturated heterocycles. The van der Waals surface area contributed by atoms with Crippen LogP contribution in [0.25, 0.3) is 16.8 Å². The molecule has 4 amide bonds. The Labute approximate surface area is 226 Å². The summed E-state index contributed by atoms with van der Waals surface area (Å²) in [6.07, 6.45) is 1.45. The molecule has 1 aliphatic heterocycles. The van der Waals surface area contributed by atoms with E-state index in [1.807, 2.05) is 45.0 Å². The molecule has 0 atom stereocenters. The number of hydrogen-bond donors (Lipinski definition) is 1. The van der Waals surface area contributed by atoms with E-state index in [2.05, 4.69) is 29.6 Å². The van der Waals surface area contributed by atoms with Crippen molar-refractivity contribution in [3.63, 3.8) is 0 Å². The van der Waals surface area contributed by atoms with Crippen molar-refractivity contribution in [1.29, 1.82) is 0 Å². The van der Waals surface area contributed by atoms with Crippen molar-refractivity contribution in [3.8, 4) is 11.5 Å². The number of carbonyl (C=O) groups excluding carboxylic acids is 3. The predicted molar refractivity (Wildman–Crippen MR) is 151 cm³/mol. The Bertz CT molecular complexity index is 1620. The maximum atomic E-state index is 13.3. The molecule has 4 aromatic carbocycles. The number of rotatable bonds is 7. The molecular weight excluding hydrogens is 492 g/mol. The number of benzene rings is 4. The first kappa shape index (κ1) is 25.7. The van der Waals surface area contributed by atoms with Gasteiger partial charge in [0.05, 0.1) is 12.3 Å². The highest BCUT2D eigenvalue weighted by atomic mass is 16.5. The fraction of sp³-hybridized carbons (Fsp3) is 0.156. The van der Waals surface area contributed by atoms with Crippen LogP contribution in [0.5, 0.6) is 11.5 Å². The summed E-state index contributed by atoms with van der Waals surface area (Å²) in [7, 11) is 0. The molecule has 1 aliphatic rings. The summed E-state index contributed by atoms with van der Waals surface area (Å²) in [5.74, 6) is -0.416. The third kappa shape index (κ3) is 5.52. The van der Waals surface area contributed by atoms with Gasteiger partial charge in [0.1, 0.15) is 12.2 Å². The van der Waals surface area contributed by atoms with Crippen LogP contribution >= 0.6 is 0 Å². The molecule has 4 aromatic rings. The Balaban J connectivity index is 1.41. The molecule has 0 unspecified atom stereocenters. The Morgan fingerprint density at radius 1 is 0.795 bits per heavy atom. The van der Waals surface area contributed by atoms with E-state index in [0.29, 0.717) is 36.0 Å². The molecule has 5 rings (SSSR count). The third-order valence-corrected chi connectivity index (χ3v) is 6.35. The second kappa shape index (κ2) is 10.8. The van der Waals surface area contributed by atoms with Gasteiger partial charge >= 0.3 is 6.03 Å². The van der Waals surface area contributed by atoms with E-state index in [0.717, 1.165) is 32.4 Å². The highest BCUT2D eigenvalue weighted by Crippen LogP contribution is 2.31. The number of aryl methyl sites for hydroxylation is 2. The van der Waals surface area contributed by atoms with E-state index in [4.69, 9.17) is 9.47 Å². The summed E-state index contributed by atoms with van der Waals surface area (Å²) >= 11 is 0. The second-order valence-corrected chi connectivity index (χ2v) is 9.41. The first-order valence-corrected chi connectivity index (χ1v) is 12.7. The summed E-state index contributed by atoms with van der Waals surface area (Å²) in [4.78, 5) is 39.6. The standard InChI is InChI=1S/C32H28N2O5/c1-4-38-29-18-22(10-12-28(29)39-19-23-9-11-24-7-5-6-8-25(24)16-23)17-27-30(35)33-32(37)34(31(27)36)26-14-20(2)13-21(3)15-26/h5-18H,4,19H2,1-3H3,(H,33,35,37)/b27-17+. The molecule has 1 heterocycles. The van der Waals surface area contributed by atoms with E-state index in [1.165, 1.54) is 6.08 Å². The molecule has 0 saturated carbocycles. The van der Waals surface area contributed by atoms with Gasteiger partial charge in [-0.2, -0.15) is 0 Å². The number of nitrogens with one attached hydrogen (secondary N) is 1. The average molecular weight is 521 g/mol.